The molecule has 1 nitrogen and oxygen atoms in total. The number of allylic oxidation sites excluding steroid dienone is 5. The Bertz CT molecular complexity index is 447. The van der Waals surface area contributed by atoms with Crippen LogP contribution in [0.4, 0.5) is 0 Å². The van der Waals surface area contributed by atoms with Crippen molar-refractivity contribution in [2.24, 2.45) is 4.99 Å². The lowest BCUT2D eigenvalue weighted by Crippen LogP contribution is -1.98. The molecule has 0 spiro atoms. The second-order valence-electron chi connectivity index (χ2n) is 3.44. The monoisotopic (exact) mass is 207 g/mol. The van der Waals surface area contributed by atoms with Gasteiger partial charge in [0.2, 0.25) is 0 Å². The van der Waals surface area contributed by atoms with E-state index in [0.29, 0.717) is 0 Å². The predicted octanol–water partition coefficient (Wildman–Crippen LogP) is 3.27. The van der Waals surface area contributed by atoms with Crippen LogP contribution in [-0.2, 0) is 0 Å². The third kappa shape index (κ3) is 2.28. The Labute approximate surface area is 96.5 Å². The number of nitrogens with zero attached hydrogens (tertiary/aromatic N) is 1. The first-order valence-electron chi connectivity index (χ1n) is 5.24. The van der Waals surface area contributed by atoms with Gasteiger partial charge in [0, 0.05) is 7.05 Å². The van der Waals surface area contributed by atoms with Crippen LogP contribution in [0.2, 0.25) is 0 Å². The molecule has 0 unspecified atom stereocenters. The fourth-order valence-corrected chi connectivity index (χ4v) is 1.62. The van der Waals surface area contributed by atoms with Gasteiger partial charge in [-0.05, 0) is 0 Å². The van der Waals surface area contributed by atoms with E-state index in [1.54, 1.807) is 7.05 Å². The van der Waals surface area contributed by atoms with Crippen molar-refractivity contribution in [2.45, 2.75) is 0 Å². The summed E-state index contributed by atoms with van der Waals surface area (Å²) in [4.78, 5) is 4.00. The maximum atomic E-state index is 4.00. The summed E-state index contributed by atoms with van der Waals surface area (Å²) in [6, 6.07) is 10.2. The highest BCUT2D eigenvalue weighted by Crippen LogP contribution is 2.27. The van der Waals surface area contributed by atoms with Gasteiger partial charge in [0.05, 0.1) is 0 Å². The van der Waals surface area contributed by atoms with Gasteiger partial charge in [-0.15, -0.1) is 5.87 Å². The molecule has 0 bridgehead atoms. The van der Waals surface area contributed by atoms with Crippen LogP contribution in [0.3, 0.4) is 0 Å². The van der Waals surface area contributed by atoms with Crippen molar-refractivity contribution in [3.8, 4) is 0 Å². The van der Waals surface area contributed by atoms with Gasteiger partial charge in [0.25, 0.3) is 0 Å². The second-order valence-corrected chi connectivity index (χ2v) is 3.44. The number of aliphatic imine (C=N–C) groups is 1. The van der Waals surface area contributed by atoms with E-state index in [-0.39, 0.29) is 0 Å². The van der Waals surface area contributed by atoms with Crippen molar-refractivity contribution in [1.82, 2.24) is 0 Å². The Morgan fingerprint density at radius 1 is 1.19 bits per heavy atom. The molecule has 80 valence electrons. The van der Waals surface area contributed by atoms with Crippen LogP contribution < -0.4 is 0 Å². The van der Waals surface area contributed by atoms with Crippen molar-refractivity contribution < 1.29 is 0 Å². The second kappa shape index (κ2) is 5.11. The van der Waals surface area contributed by atoms with E-state index in [1.165, 1.54) is 0 Å². The van der Waals surface area contributed by atoms with E-state index in [9.17, 15) is 0 Å². The summed E-state index contributed by atoms with van der Waals surface area (Å²) < 4.78 is 0. The van der Waals surface area contributed by atoms with E-state index in [1.807, 2.05) is 36.8 Å². The van der Waals surface area contributed by atoms with Crippen LogP contribution >= 0.6 is 0 Å². The van der Waals surface area contributed by atoms with Crippen LogP contribution in [-0.4, -0.2) is 12.9 Å². The van der Waals surface area contributed by atoms with E-state index in [2.05, 4.69) is 35.1 Å². The molecule has 0 amide bonds. The zero-order chi connectivity index (χ0) is 11.2. The van der Waals surface area contributed by atoms with Crippen molar-refractivity contribution in [3.63, 3.8) is 0 Å². The Balaban J connectivity index is 2.39. The van der Waals surface area contributed by atoms with Gasteiger partial charge in [-0.1, -0.05) is 41.5 Å². The van der Waals surface area contributed by atoms with Crippen molar-refractivity contribution in [1.29, 1.82) is 0 Å². The molecule has 0 saturated carbocycles. The summed E-state index contributed by atoms with van der Waals surface area (Å²) >= 11 is 0. The van der Waals surface area contributed by atoms with E-state index in [4.69, 9.17) is 0 Å². The van der Waals surface area contributed by atoms with Gasteiger partial charge in [-0.25, -0.2) is 30.7 Å². The molecule has 1 aromatic rings. The number of rotatable bonds is 2. The summed E-state index contributed by atoms with van der Waals surface area (Å²) in [6.45, 7) is 0. The van der Waals surface area contributed by atoms with Gasteiger partial charge < -0.3 is 0 Å². The van der Waals surface area contributed by atoms with Gasteiger partial charge in [0.15, 0.2) is 0 Å². The van der Waals surface area contributed by atoms with Gasteiger partial charge in [0.1, 0.15) is 0 Å². The minimum Gasteiger partial charge on any atom is -0.291 e. The fraction of sp³-hybridized carbons (Fsp3) is 0.0667. The van der Waals surface area contributed by atoms with Crippen LogP contribution in [0.15, 0.2) is 59.6 Å². The average Bonchev–Trinajstić information content (AvgIpc) is 2.38. The maximum absolute atomic E-state index is 4.00. The molecule has 0 heterocycles. The van der Waals surface area contributed by atoms with E-state index < -0.39 is 0 Å². The van der Waals surface area contributed by atoms with Gasteiger partial charge in [-0.2, -0.15) is 5.92 Å². The molecule has 0 aliphatic heterocycles. The Hall–Kier alpha value is -2.11. The van der Waals surface area contributed by atoms with Crippen LogP contribution in [0, 0.1) is 12.3 Å². The first kappa shape index (κ1) is 10.4. The lowest BCUT2D eigenvalue weighted by atomic mass is 9.90. The molecule has 0 aromatic heterocycles. The Morgan fingerprint density at radius 3 is 2.50 bits per heavy atom. The van der Waals surface area contributed by atoms with Crippen LogP contribution in [0.25, 0.3) is 5.57 Å². The maximum Gasteiger partial charge on any atom is 0.0279 e. The topological polar surface area (TPSA) is 12.4 Å². The number of benzene rings is 1. The quantitative estimate of drug-likeness (QED) is 0.521. The van der Waals surface area contributed by atoms with E-state index >= 15 is 0 Å². The minimum absolute atomic E-state index is 1.03. The zero-order valence-corrected chi connectivity index (χ0v) is 9.22. The van der Waals surface area contributed by atoms with Gasteiger partial charge >= 0.3 is 0 Å². The molecular weight excluding hydrogens is 194 g/mol. The highest BCUT2D eigenvalue weighted by atomic mass is 14.6. The highest BCUT2D eigenvalue weighted by Gasteiger charge is 1.98. The zero-order valence-electron chi connectivity index (χ0n) is 9.22. The molecule has 2 rings (SSSR count). The highest BCUT2D eigenvalue weighted by molar-refractivity contribution is 5.99. The molecule has 16 heavy (non-hydrogen) atoms. The van der Waals surface area contributed by atoms with Gasteiger partial charge in [-0.3, -0.25) is 4.99 Å². The molecule has 0 N–H and O–H groups in total. The van der Waals surface area contributed by atoms with Crippen LogP contribution in [0.1, 0.15) is 5.56 Å². The third-order valence-corrected chi connectivity index (χ3v) is 2.35. The molecule has 0 saturated heterocycles. The van der Waals surface area contributed by atoms with E-state index in [0.717, 1.165) is 17.1 Å². The predicted molar refractivity (Wildman–Crippen MR) is 69.0 cm³/mol. The summed E-state index contributed by atoms with van der Waals surface area (Å²) in [6.07, 6.45) is 10.2. The smallest absolute Gasteiger partial charge is 0.0279 e. The molecule has 1 aliphatic carbocycles. The molecule has 0 radical (unpaired) electrons. The first-order valence-corrected chi connectivity index (χ1v) is 5.24. The van der Waals surface area contributed by atoms with Crippen molar-refractivity contribution >= 4 is 11.4 Å². The molecule has 1 aliphatic rings. The molecule has 0 fully saturated rings. The lowest BCUT2D eigenvalue weighted by Gasteiger charge is -2.28. The summed E-state index contributed by atoms with van der Waals surface area (Å²) in [5, 5.41) is 0. The molecule has 1 heteroatoms. The Kier molecular flexibility index (Phi) is 3.32. The number of hydrogen-bond acceptors (Lipinski definition) is 1. The van der Waals surface area contributed by atoms with Crippen molar-refractivity contribution in [2.75, 3.05) is 7.05 Å². The summed E-state index contributed by atoms with van der Waals surface area (Å²) in [5.74, 6) is 4.20. The molecule has 1 aromatic carbocycles. The molecule has 0 atom stereocenters. The van der Waals surface area contributed by atoms with Crippen LogP contribution in [0.5, 0.6) is 0 Å². The van der Waals surface area contributed by atoms with Crippen molar-refractivity contribution in [3.05, 3.63) is 72.5 Å². The fourth-order valence-electron chi connectivity index (χ4n) is 1.62. The SMILES string of the molecule is CN=C=C(c1ccccc1)[C-]1C=C[CH-]C=C1. The lowest BCUT2D eigenvalue weighted by molar-refractivity contribution is 1.42. The number of hydrogen-bond donors (Lipinski definition) is 0. The largest absolute Gasteiger partial charge is 0.291 e. The summed E-state index contributed by atoms with van der Waals surface area (Å²) in [5.41, 5.74) is 2.17. The standard InChI is InChI=1S/C15H13N/c1-16-12-15(13-8-4-2-5-9-13)14-10-6-3-7-11-14/h2-11H,1H3/q-2. The summed E-state index contributed by atoms with van der Waals surface area (Å²) in [7, 11) is 1.74. The first-order chi connectivity index (χ1) is 7.92. The average molecular weight is 207 g/mol. The minimum atomic E-state index is 1.03. The normalized spacial score (nSPS) is 12.9. The third-order valence-electron chi connectivity index (χ3n) is 2.35. The molecular formula is C15H13N-2. The Morgan fingerprint density at radius 2 is 1.88 bits per heavy atom.